The minimum absolute atomic E-state index is 0.346. The number of aliphatic hydroxyl groups is 1. The quantitative estimate of drug-likeness (QED) is 0.870. The van der Waals surface area contributed by atoms with Gasteiger partial charge in [-0.05, 0) is 19.1 Å². The zero-order chi connectivity index (χ0) is 12.4. The summed E-state index contributed by atoms with van der Waals surface area (Å²) < 4.78 is 11.3. The average Bonchev–Trinajstić information content (AvgIpc) is 2.64. The summed E-state index contributed by atoms with van der Waals surface area (Å²) >= 11 is 3.33. The molecule has 1 aromatic carbocycles. The Bertz CT molecular complexity index is 431. The summed E-state index contributed by atoms with van der Waals surface area (Å²) in [5.41, 5.74) is 0.660. The molecule has 1 aliphatic heterocycles. The molecule has 5 heteroatoms. The van der Waals surface area contributed by atoms with Crippen molar-refractivity contribution in [3.8, 4) is 5.75 Å². The van der Waals surface area contributed by atoms with Crippen molar-refractivity contribution in [1.82, 2.24) is 0 Å². The Labute approximate surface area is 108 Å². The van der Waals surface area contributed by atoms with Gasteiger partial charge in [0.1, 0.15) is 5.75 Å². The molecule has 0 saturated carbocycles. The Morgan fingerprint density at radius 1 is 1.59 bits per heavy atom. The van der Waals surface area contributed by atoms with Crippen LogP contribution in [0.3, 0.4) is 0 Å². The number of esters is 1. The molecule has 1 fully saturated rings. The van der Waals surface area contributed by atoms with Gasteiger partial charge in [0.15, 0.2) is 6.10 Å². The van der Waals surface area contributed by atoms with E-state index in [0.717, 1.165) is 4.47 Å². The molecule has 2 unspecified atom stereocenters. The van der Waals surface area contributed by atoms with E-state index in [-0.39, 0.29) is 5.97 Å². The third kappa shape index (κ3) is 2.79. The first-order valence-corrected chi connectivity index (χ1v) is 6.18. The fourth-order valence-corrected chi connectivity index (χ4v) is 2.03. The summed E-state index contributed by atoms with van der Waals surface area (Å²) in [7, 11) is 0. The predicted molar refractivity (Wildman–Crippen MR) is 64.8 cm³/mol. The molecule has 92 valence electrons. The van der Waals surface area contributed by atoms with E-state index in [0.29, 0.717) is 24.3 Å². The smallest absolute Gasteiger partial charge is 0.347 e. The minimum Gasteiger partial charge on any atom is -0.478 e. The van der Waals surface area contributed by atoms with Gasteiger partial charge < -0.3 is 14.6 Å². The lowest BCUT2D eigenvalue weighted by molar-refractivity contribution is -0.143. The highest BCUT2D eigenvalue weighted by molar-refractivity contribution is 9.10. The zero-order valence-corrected chi connectivity index (χ0v) is 10.9. The van der Waals surface area contributed by atoms with Crippen molar-refractivity contribution in [2.75, 3.05) is 6.61 Å². The molecular formula is C12H13BrO4. The maximum atomic E-state index is 11.3. The molecule has 1 aromatic rings. The number of hydrogen-bond acceptors (Lipinski definition) is 4. The van der Waals surface area contributed by atoms with Gasteiger partial charge in [-0.1, -0.05) is 22.0 Å². The molecule has 1 N–H and O–H groups in total. The number of ether oxygens (including phenoxy) is 2. The molecule has 17 heavy (non-hydrogen) atoms. The highest BCUT2D eigenvalue weighted by Gasteiger charge is 2.29. The Morgan fingerprint density at radius 2 is 2.35 bits per heavy atom. The molecule has 1 aliphatic rings. The van der Waals surface area contributed by atoms with Crippen molar-refractivity contribution in [1.29, 1.82) is 0 Å². The first-order chi connectivity index (χ1) is 8.08. The number of cyclic esters (lactones) is 1. The van der Waals surface area contributed by atoms with Crippen LogP contribution in [0.25, 0.3) is 0 Å². The van der Waals surface area contributed by atoms with Crippen LogP contribution in [0, 0.1) is 0 Å². The van der Waals surface area contributed by atoms with Gasteiger partial charge in [0.25, 0.3) is 0 Å². The lowest BCUT2D eigenvalue weighted by atomic mass is 10.1. The second kappa shape index (κ2) is 5.06. The van der Waals surface area contributed by atoms with E-state index in [1.807, 2.05) is 6.07 Å². The van der Waals surface area contributed by atoms with Crippen molar-refractivity contribution >= 4 is 21.9 Å². The van der Waals surface area contributed by atoms with Crippen LogP contribution < -0.4 is 4.74 Å². The fraction of sp³-hybridized carbons (Fsp3) is 0.417. The summed E-state index contributed by atoms with van der Waals surface area (Å²) in [6, 6.07) is 5.33. The maximum Gasteiger partial charge on any atom is 0.347 e. The summed E-state index contributed by atoms with van der Waals surface area (Å²) in [6.45, 7) is 2.05. The molecule has 1 saturated heterocycles. The maximum absolute atomic E-state index is 11.3. The second-order valence-corrected chi connectivity index (χ2v) is 4.84. The van der Waals surface area contributed by atoms with Crippen LogP contribution in [0.5, 0.6) is 5.75 Å². The minimum atomic E-state index is -0.643. The third-order valence-electron chi connectivity index (χ3n) is 2.58. The number of halogens is 1. The standard InChI is InChI=1S/C12H13BrO4/c1-7(14)9-3-2-8(13)6-11(9)17-10-4-5-16-12(10)15/h2-3,6-7,10,14H,4-5H2,1H3. The topological polar surface area (TPSA) is 55.8 Å². The molecule has 2 rings (SSSR count). The van der Waals surface area contributed by atoms with Gasteiger partial charge in [-0.25, -0.2) is 4.79 Å². The summed E-state index contributed by atoms with van der Waals surface area (Å²) in [5.74, 6) is 0.166. The van der Waals surface area contributed by atoms with E-state index < -0.39 is 12.2 Å². The van der Waals surface area contributed by atoms with Crippen molar-refractivity contribution in [3.63, 3.8) is 0 Å². The van der Waals surface area contributed by atoms with Crippen LogP contribution in [0.15, 0.2) is 22.7 Å². The molecule has 0 spiro atoms. The molecule has 1 heterocycles. The number of benzene rings is 1. The molecule has 2 atom stereocenters. The van der Waals surface area contributed by atoms with E-state index in [4.69, 9.17) is 9.47 Å². The Balaban J connectivity index is 2.24. The molecule has 0 aliphatic carbocycles. The van der Waals surface area contributed by atoms with Crippen LogP contribution in [0.4, 0.5) is 0 Å². The SMILES string of the molecule is CC(O)c1ccc(Br)cc1OC1CCOC1=O. The lowest BCUT2D eigenvalue weighted by Gasteiger charge is -2.16. The second-order valence-electron chi connectivity index (χ2n) is 3.92. The first-order valence-electron chi connectivity index (χ1n) is 5.38. The van der Waals surface area contributed by atoms with Crippen molar-refractivity contribution in [3.05, 3.63) is 28.2 Å². The van der Waals surface area contributed by atoms with Crippen LogP contribution in [0.2, 0.25) is 0 Å². The zero-order valence-electron chi connectivity index (χ0n) is 9.35. The van der Waals surface area contributed by atoms with Gasteiger partial charge in [0.05, 0.1) is 12.7 Å². The number of carbonyl (C=O) groups excluding carboxylic acids is 1. The van der Waals surface area contributed by atoms with Gasteiger partial charge in [0, 0.05) is 16.5 Å². The highest BCUT2D eigenvalue weighted by Crippen LogP contribution is 2.30. The molecule has 0 aromatic heterocycles. The van der Waals surface area contributed by atoms with Crippen molar-refractivity contribution < 1.29 is 19.4 Å². The third-order valence-corrected chi connectivity index (χ3v) is 3.08. The Kier molecular flexibility index (Phi) is 3.69. The Morgan fingerprint density at radius 3 is 2.94 bits per heavy atom. The number of rotatable bonds is 3. The number of carbonyl (C=O) groups is 1. The van der Waals surface area contributed by atoms with Crippen LogP contribution in [-0.2, 0) is 9.53 Å². The molecular weight excluding hydrogens is 288 g/mol. The first kappa shape index (κ1) is 12.4. The normalized spacial score (nSPS) is 21.1. The summed E-state index contributed by atoms with van der Waals surface area (Å²) in [4.78, 5) is 11.3. The monoisotopic (exact) mass is 300 g/mol. The lowest BCUT2D eigenvalue weighted by Crippen LogP contribution is -2.22. The van der Waals surface area contributed by atoms with Gasteiger partial charge >= 0.3 is 5.97 Å². The van der Waals surface area contributed by atoms with E-state index >= 15 is 0 Å². The van der Waals surface area contributed by atoms with Gasteiger partial charge in [0.2, 0.25) is 0 Å². The summed E-state index contributed by atoms with van der Waals surface area (Å²) in [6.07, 6.45) is -0.665. The van der Waals surface area contributed by atoms with E-state index in [9.17, 15) is 9.90 Å². The number of aliphatic hydroxyl groups excluding tert-OH is 1. The fourth-order valence-electron chi connectivity index (χ4n) is 1.69. The van der Waals surface area contributed by atoms with Crippen LogP contribution in [0.1, 0.15) is 25.0 Å². The Hall–Kier alpha value is -1.07. The van der Waals surface area contributed by atoms with Gasteiger partial charge in [-0.3, -0.25) is 0 Å². The average molecular weight is 301 g/mol. The van der Waals surface area contributed by atoms with Crippen LogP contribution in [-0.4, -0.2) is 23.8 Å². The van der Waals surface area contributed by atoms with E-state index in [2.05, 4.69) is 15.9 Å². The molecule has 0 bridgehead atoms. The van der Waals surface area contributed by atoms with Crippen molar-refractivity contribution in [2.45, 2.75) is 25.6 Å². The molecule has 0 amide bonds. The molecule has 4 nitrogen and oxygen atoms in total. The molecule has 0 radical (unpaired) electrons. The van der Waals surface area contributed by atoms with Crippen LogP contribution >= 0.6 is 15.9 Å². The van der Waals surface area contributed by atoms with Crippen molar-refractivity contribution in [2.24, 2.45) is 0 Å². The highest BCUT2D eigenvalue weighted by atomic mass is 79.9. The van der Waals surface area contributed by atoms with E-state index in [1.165, 1.54) is 0 Å². The predicted octanol–water partition coefficient (Wildman–Crippen LogP) is 2.20. The van der Waals surface area contributed by atoms with Gasteiger partial charge in [-0.2, -0.15) is 0 Å². The largest absolute Gasteiger partial charge is 0.478 e. The summed E-state index contributed by atoms with van der Waals surface area (Å²) in [5, 5.41) is 9.62. The number of hydrogen-bond donors (Lipinski definition) is 1. The van der Waals surface area contributed by atoms with E-state index in [1.54, 1.807) is 19.1 Å². The van der Waals surface area contributed by atoms with Gasteiger partial charge in [-0.15, -0.1) is 0 Å².